The van der Waals surface area contributed by atoms with E-state index >= 15 is 0 Å². The Morgan fingerprint density at radius 2 is 2.44 bits per heavy atom. The van der Waals surface area contributed by atoms with E-state index in [0.29, 0.717) is 18.7 Å². The largest absolute Gasteiger partial charge is 0.386 e. The lowest BCUT2D eigenvalue weighted by Crippen LogP contribution is -2.43. The minimum absolute atomic E-state index is 0.317. The van der Waals surface area contributed by atoms with Gasteiger partial charge in [-0.05, 0) is 13.1 Å². The number of nitrogens with zero attached hydrogens (tertiary/aromatic N) is 2. The first-order valence-corrected chi connectivity index (χ1v) is 5.25. The van der Waals surface area contributed by atoms with Crippen molar-refractivity contribution >= 4 is 0 Å². The Labute approximate surface area is 93.7 Å². The number of aliphatic hydroxyl groups excluding tert-OH is 1. The summed E-state index contributed by atoms with van der Waals surface area (Å²) in [5.74, 6) is -0.444. The molecule has 1 N–H and O–H groups in total. The minimum Gasteiger partial charge on any atom is -0.386 e. The van der Waals surface area contributed by atoms with E-state index in [0.717, 1.165) is 12.7 Å². The van der Waals surface area contributed by atoms with Crippen molar-refractivity contribution in [2.24, 2.45) is 0 Å². The summed E-state index contributed by atoms with van der Waals surface area (Å²) < 4.78 is 18.4. The predicted octanol–water partition coefficient (Wildman–Crippen LogP) is 0.585. The van der Waals surface area contributed by atoms with Gasteiger partial charge in [-0.1, -0.05) is 0 Å². The van der Waals surface area contributed by atoms with E-state index in [2.05, 4.69) is 9.88 Å². The number of pyridine rings is 1. The molecule has 0 radical (unpaired) electrons. The van der Waals surface area contributed by atoms with Crippen LogP contribution in [0.2, 0.25) is 0 Å². The summed E-state index contributed by atoms with van der Waals surface area (Å²) in [6, 6.07) is 1.29. The molecule has 88 valence electrons. The first-order chi connectivity index (χ1) is 7.66. The van der Waals surface area contributed by atoms with Crippen LogP contribution in [-0.2, 0) is 4.74 Å². The monoisotopic (exact) mass is 226 g/mol. The quantitative estimate of drug-likeness (QED) is 0.801. The minimum atomic E-state index is -0.828. The van der Waals surface area contributed by atoms with Gasteiger partial charge in [-0.25, -0.2) is 4.39 Å². The van der Waals surface area contributed by atoms with Crippen molar-refractivity contribution in [2.75, 3.05) is 26.7 Å². The summed E-state index contributed by atoms with van der Waals surface area (Å²) in [5.41, 5.74) is 0.459. The van der Waals surface area contributed by atoms with Gasteiger partial charge in [0.05, 0.1) is 12.8 Å². The summed E-state index contributed by atoms with van der Waals surface area (Å²) in [4.78, 5) is 5.79. The average molecular weight is 226 g/mol. The molecular weight excluding hydrogens is 211 g/mol. The van der Waals surface area contributed by atoms with Crippen LogP contribution in [0.4, 0.5) is 4.39 Å². The van der Waals surface area contributed by atoms with Crippen LogP contribution in [0.25, 0.3) is 0 Å². The van der Waals surface area contributed by atoms with Crippen LogP contribution in [0.5, 0.6) is 0 Å². The van der Waals surface area contributed by atoms with Crippen molar-refractivity contribution in [1.82, 2.24) is 9.88 Å². The number of aromatic nitrogens is 1. The van der Waals surface area contributed by atoms with Crippen LogP contribution in [0, 0.1) is 5.82 Å². The molecule has 0 spiro atoms. The zero-order chi connectivity index (χ0) is 11.5. The van der Waals surface area contributed by atoms with E-state index in [1.807, 2.05) is 7.05 Å². The number of likely N-dealkylation sites (N-methyl/N-ethyl adjacent to an activating group) is 1. The number of hydrogen-bond acceptors (Lipinski definition) is 4. The van der Waals surface area contributed by atoms with Crippen molar-refractivity contribution in [3.8, 4) is 0 Å². The smallest absolute Gasteiger partial charge is 0.141 e. The number of halogens is 1. The highest BCUT2D eigenvalue weighted by atomic mass is 19.1. The zero-order valence-corrected chi connectivity index (χ0v) is 9.14. The lowest BCUT2D eigenvalue weighted by molar-refractivity contribution is -0.0846. The van der Waals surface area contributed by atoms with Crippen molar-refractivity contribution in [1.29, 1.82) is 0 Å². The van der Waals surface area contributed by atoms with Crippen LogP contribution < -0.4 is 0 Å². The van der Waals surface area contributed by atoms with Gasteiger partial charge in [0.2, 0.25) is 0 Å². The van der Waals surface area contributed by atoms with Crippen molar-refractivity contribution in [2.45, 2.75) is 12.2 Å². The first-order valence-electron chi connectivity index (χ1n) is 5.25. The maximum absolute atomic E-state index is 12.9. The zero-order valence-electron chi connectivity index (χ0n) is 9.14. The lowest BCUT2D eigenvalue weighted by atomic mass is 10.1. The number of hydrogen-bond donors (Lipinski definition) is 1. The normalized spacial score (nSPS) is 24.3. The molecule has 1 aliphatic rings. The Kier molecular flexibility index (Phi) is 3.48. The van der Waals surface area contributed by atoms with Gasteiger partial charge in [-0.15, -0.1) is 0 Å². The fourth-order valence-electron chi connectivity index (χ4n) is 1.81. The molecule has 0 bridgehead atoms. The topological polar surface area (TPSA) is 45.6 Å². The third-order valence-corrected chi connectivity index (χ3v) is 2.72. The Balaban J connectivity index is 2.09. The molecule has 4 nitrogen and oxygen atoms in total. The van der Waals surface area contributed by atoms with E-state index in [9.17, 15) is 9.50 Å². The van der Waals surface area contributed by atoms with Gasteiger partial charge >= 0.3 is 0 Å². The third kappa shape index (κ3) is 2.55. The van der Waals surface area contributed by atoms with Crippen LogP contribution >= 0.6 is 0 Å². The van der Waals surface area contributed by atoms with E-state index < -0.39 is 11.9 Å². The fraction of sp³-hybridized carbons (Fsp3) is 0.545. The molecule has 5 heteroatoms. The molecule has 16 heavy (non-hydrogen) atoms. The second kappa shape index (κ2) is 4.86. The summed E-state index contributed by atoms with van der Waals surface area (Å²) in [6.07, 6.45) is 1.43. The summed E-state index contributed by atoms with van der Waals surface area (Å²) in [5, 5.41) is 10.0. The van der Waals surface area contributed by atoms with E-state index in [4.69, 9.17) is 4.74 Å². The number of rotatable bonds is 2. The maximum Gasteiger partial charge on any atom is 0.141 e. The Morgan fingerprint density at radius 1 is 1.62 bits per heavy atom. The molecule has 0 amide bonds. The van der Waals surface area contributed by atoms with Gasteiger partial charge in [0.15, 0.2) is 0 Å². The second-order valence-corrected chi connectivity index (χ2v) is 4.05. The number of morpholine rings is 1. The van der Waals surface area contributed by atoms with E-state index in [-0.39, 0.29) is 6.10 Å². The molecule has 0 aliphatic carbocycles. The highest BCUT2D eigenvalue weighted by molar-refractivity contribution is 5.14. The van der Waals surface area contributed by atoms with Gasteiger partial charge in [0, 0.05) is 24.8 Å². The van der Waals surface area contributed by atoms with Gasteiger partial charge in [0.25, 0.3) is 0 Å². The summed E-state index contributed by atoms with van der Waals surface area (Å²) in [7, 11) is 1.96. The van der Waals surface area contributed by atoms with Gasteiger partial charge < -0.3 is 14.7 Å². The number of aliphatic hydroxyl groups is 1. The molecule has 2 unspecified atom stereocenters. The Morgan fingerprint density at radius 3 is 3.12 bits per heavy atom. The van der Waals surface area contributed by atoms with Crippen molar-refractivity contribution < 1.29 is 14.2 Å². The van der Waals surface area contributed by atoms with E-state index in [1.165, 1.54) is 12.3 Å². The molecule has 1 aromatic rings. The lowest BCUT2D eigenvalue weighted by Gasteiger charge is -2.32. The number of ether oxygens (including phenoxy) is 1. The third-order valence-electron chi connectivity index (χ3n) is 2.72. The summed E-state index contributed by atoms with van der Waals surface area (Å²) >= 11 is 0. The van der Waals surface area contributed by atoms with Crippen molar-refractivity contribution in [3.63, 3.8) is 0 Å². The maximum atomic E-state index is 12.9. The van der Waals surface area contributed by atoms with Crippen LogP contribution in [0.1, 0.15) is 11.7 Å². The molecule has 2 rings (SSSR count). The molecule has 1 saturated heterocycles. The molecule has 2 heterocycles. The Bertz CT molecular complexity index is 362. The highest BCUT2D eigenvalue weighted by Crippen LogP contribution is 2.21. The first kappa shape index (κ1) is 11.4. The van der Waals surface area contributed by atoms with Crippen molar-refractivity contribution in [3.05, 3.63) is 29.8 Å². The molecule has 2 atom stereocenters. The van der Waals surface area contributed by atoms with Gasteiger partial charge in [-0.2, -0.15) is 0 Å². The molecule has 1 aliphatic heterocycles. The standard InChI is InChI=1S/C11H15FN2O2/c1-14-2-3-16-10(7-14)11(15)8-4-9(12)6-13-5-8/h4-6,10-11,15H,2-3,7H2,1H3. The molecule has 1 fully saturated rings. The summed E-state index contributed by atoms with van der Waals surface area (Å²) in [6.45, 7) is 2.07. The highest BCUT2D eigenvalue weighted by Gasteiger charge is 2.26. The second-order valence-electron chi connectivity index (χ2n) is 4.05. The predicted molar refractivity (Wildman–Crippen MR) is 56.4 cm³/mol. The fourth-order valence-corrected chi connectivity index (χ4v) is 1.81. The van der Waals surface area contributed by atoms with E-state index in [1.54, 1.807) is 0 Å². The van der Waals surface area contributed by atoms with Gasteiger partial charge in [-0.3, -0.25) is 4.98 Å². The average Bonchev–Trinajstić information content (AvgIpc) is 2.28. The SMILES string of the molecule is CN1CCOC(C(O)c2cncc(F)c2)C1. The van der Waals surface area contributed by atoms with Crippen LogP contribution in [0.3, 0.4) is 0 Å². The molecule has 0 saturated carbocycles. The molecule has 1 aromatic heterocycles. The van der Waals surface area contributed by atoms with Crippen LogP contribution in [0.15, 0.2) is 18.5 Å². The van der Waals surface area contributed by atoms with Crippen LogP contribution in [-0.4, -0.2) is 47.8 Å². The Hall–Kier alpha value is -1.04. The molecule has 0 aromatic carbocycles. The van der Waals surface area contributed by atoms with Gasteiger partial charge in [0.1, 0.15) is 18.0 Å². The molecular formula is C11H15FN2O2.